The highest BCUT2D eigenvalue weighted by molar-refractivity contribution is 5.67. The minimum Gasteiger partial charge on any atom is -0.481 e. The highest BCUT2D eigenvalue weighted by Gasteiger charge is 2.30. The maximum absolute atomic E-state index is 10.6. The van der Waals surface area contributed by atoms with Gasteiger partial charge in [-0.3, -0.25) is 4.79 Å². The zero-order valence-corrected chi connectivity index (χ0v) is 9.98. The summed E-state index contributed by atoms with van der Waals surface area (Å²) in [5, 5.41) is 11.9. The molecule has 0 aliphatic heterocycles. The maximum atomic E-state index is 10.6. The molecule has 0 amide bonds. The third-order valence-corrected chi connectivity index (χ3v) is 2.24. The molecule has 0 aliphatic rings. The number of carboxylic acids is 1. The minimum atomic E-state index is -0.713. The SMILES string of the molecule is CNCC(C)(C)CC(C)(C)CC(=O)O. The molecule has 0 aromatic heterocycles. The van der Waals surface area contributed by atoms with Gasteiger partial charge in [-0.05, 0) is 30.8 Å². The van der Waals surface area contributed by atoms with E-state index in [0.29, 0.717) is 0 Å². The molecule has 14 heavy (non-hydrogen) atoms. The highest BCUT2D eigenvalue weighted by Crippen LogP contribution is 2.35. The van der Waals surface area contributed by atoms with E-state index in [9.17, 15) is 4.79 Å². The Balaban J connectivity index is 4.25. The number of carboxylic acid groups (broad SMARTS) is 1. The average molecular weight is 201 g/mol. The smallest absolute Gasteiger partial charge is 0.303 e. The Hall–Kier alpha value is -0.570. The summed E-state index contributed by atoms with van der Waals surface area (Å²) in [6.45, 7) is 9.26. The van der Waals surface area contributed by atoms with Crippen molar-refractivity contribution in [2.24, 2.45) is 10.8 Å². The highest BCUT2D eigenvalue weighted by atomic mass is 16.4. The van der Waals surface area contributed by atoms with Crippen molar-refractivity contribution in [3.63, 3.8) is 0 Å². The van der Waals surface area contributed by atoms with Gasteiger partial charge in [0.05, 0.1) is 6.42 Å². The fourth-order valence-electron chi connectivity index (χ4n) is 2.31. The van der Waals surface area contributed by atoms with Crippen molar-refractivity contribution < 1.29 is 9.90 Å². The van der Waals surface area contributed by atoms with Crippen LogP contribution in [0.5, 0.6) is 0 Å². The van der Waals surface area contributed by atoms with Crippen LogP contribution < -0.4 is 5.32 Å². The lowest BCUT2D eigenvalue weighted by molar-refractivity contribution is -0.139. The second-order valence-corrected chi connectivity index (χ2v) is 5.61. The Morgan fingerprint density at radius 1 is 1.21 bits per heavy atom. The fourth-order valence-corrected chi connectivity index (χ4v) is 2.31. The number of hydrogen-bond acceptors (Lipinski definition) is 2. The van der Waals surface area contributed by atoms with E-state index in [2.05, 4.69) is 19.2 Å². The molecule has 0 rings (SSSR count). The van der Waals surface area contributed by atoms with E-state index >= 15 is 0 Å². The molecule has 0 spiro atoms. The normalized spacial score (nSPS) is 12.9. The first kappa shape index (κ1) is 13.4. The summed E-state index contributed by atoms with van der Waals surface area (Å²) in [6, 6.07) is 0. The third kappa shape index (κ3) is 5.97. The molecule has 3 heteroatoms. The van der Waals surface area contributed by atoms with Crippen LogP contribution in [0.25, 0.3) is 0 Å². The minimum absolute atomic E-state index is 0.133. The van der Waals surface area contributed by atoms with Crippen LogP contribution in [0.2, 0.25) is 0 Å². The molecule has 0 heterocycles. The van der Waals surface area contributed by atoms with Gasteiger partial charge in [-0.1, -0.05) is 27.7 Å². The quantitative estimate of drug-likeness (QED) is 0.692. The number of nitrogens with one attached hydrogen (secondary N) is 1. The van der Waals surface area contributed by atoms with Crippen molar-refractivity contribution in [3.8, 4) is 0 Å². The molecule has 0 fully saturated rings. The summed E-state index contributed by atoms with van der Waals surface area (Å²) in [5.74, 6) is -0.713. The summed E-state index contributed by atoms with van der Waals surface area (Å²) in [6.07, 6.45) is 1.15. The first-order valence-electron chi connectivity index (χ1n) is 5.05. The van der Waals surface area contributed by atoms with Gasteiger partial charge in [0, 0.05) is 0 Å². The molecule has 0 saturated heterocycles. The van der Waals surface area contributed by atoms with Crippen molar-refractivity contribution in [2.45, 2.75) is 40.5 Å². The van der Waals surface area contributed by atoms with E-state index in [4.69, 9.17) is 5.11 Å². The van der Waals surface area contributed by atoms with Gasteiger partial charge >= 0.3 is 5.97 Å². The predicted molar refractivity (Wildman–Crippen MR) is 58.4 cm³/mol. The van der Waals surface area contributed by atoms with Gasteiger partial charge in [0.15, 0.2) is 0 Å². The van der Waals surface area contributed by atoms with E-state index < -0.39 is 5.97 Å². The van der Waals surface area contributed by atoms with Crippen LogP contribution in [-0.4, -0.2) is 24.7 Å². The third-order valence-electron chi connectivity index (χ3n) is 2.24. The van der Waals surface area contributed by atoms with Crippen molar-refractivity contribution in [1.29, 1.82) is 0 Å². The molecule has 84 valence electrons. The fraction of sp³-hybridized carbons (Fsp3) is 0.909. The van der Waals surface area contributed by atoms with Gasteiger partial charge < -0.3 is 10.4 Å². The maximum Gasteiger partial charge on any atom is 0.303 e. The molecule has 3 nitrogen and oxygen atoms in total. The summed E-state index contributed by atoms with van der Waals surface area (Å²) >= 11 is 0. The molecule has 2 N–H and O–H groups in total. The van der Waals surface area contributed by atoms with Crippen molar-refractivity contribution in [3.05, 3.63) is 0 Å². The Bertz CT molecular complexity index is 197. The first-order chi connectivity index (χ1) is 6.18. The standard InChI is InChI=1S/C11H23NO2/c1-10(2,6-9(13)14)7-11(3,4)8-12-5/h12H,6-8H2,1-5H3,(H,13,14). The van der Waals surface area contributed by atoms with Gasteiger partial charge in [0.25, 0.3) is 0 Å². The largest absolute Gasteiger partial charge is 0.481 e. The first-order valence-corrected chi connectivity index (χ1v) is 5.05. The predicted octanol–water partition coefficient (Wildman–Crippen LogP) is 2.12. The summed E-state index contributed by atoms with van der Waals surface area (Å²) in [5.41, 5.74) is 0.0138. The van der Waals surface area contributed by atoms with Gasteiger partial charge in [-0.15, -0.1) is 0 Å². The van der Waals surface area contributed by atoms with Crippen molar-refractivity contribution in [1.82, 2.24) is 5.32 Å². The number of carbonyl (C=O) groups is 1. The van der Waals surface area contributed by atoms with E-state index in [1.165, 1.54) is 0 Å². The molecule has 0 radical (unpaired) electrons. The average Bonchev–Trinajstić information content (AvgIpc) is 1.78. The lowest BCUT2D eigenvalue weighted by atomic mass is 9.73. The van der Waals surface area contributed by atoms with Crippen LogP contribution in [0.4, 0.5) is 0 Å². The molecule has 0 aliphatic carbocycles. The van der Waals surface area contributed by atoms with Crippen molar-refractivity contribution >= 4 is 5.97 Å². The van der Waals surface area contributed by atoms with Crippen LogP contribution in [0.1, 0.15) is 40.5 Å². The Labute approximate surface area is 86.9 Å². The molecule has 0 atom stereocenters. The van der Waals surface area contributed by atoms with Gasteiger partial charge in [0.2, 0.25) is 0 Å². The lowest BCUT2D eigenvalue weighted by Gasteiger charge is -2.33. The Morgan fingerprint density at radius 2 is 1.71 bits per heavy atom. The molecular weight excluding hydrogens is 178 g/mol. The molecular formula is C11H23NO2. The van der Waals surface area contributed by atoms with Gasteiger partial charge in [-0.2, -0.15) is 0 Å². The Kier molecular flexibility index (Phi) is 4.59. The number of rotatable bonds is 6. The van der Waals surface area contributed by atoms with Crippen LogP contribution in [0.15, 0.2) is 0 Å². The zero-order chi connectivity index (χ0) is 11.4. The molecule has 0 aromatic rings. The van der Waals surface area contributed by atoms with Crippen LogP contribution >= 0.6 is 0 Å². The van der Waals surface area contributed by atoms with E-state index in [1.54, 1.807) is 0 Å². The number of aliphatic carboxylic acids is 1. The van der Waals surface area contributed by atoms with Crippen molar-refractivity contribution in [2.75, 3.05) is 13.6 Å². The van der Waals surface area contributed by atoms with Crippen LogP contribution in [-0.2, 0) is 4.79 Å². The second-order valence-electron chi connectivity index (χ2n) is 5.61. The topological polar surface area (TPSA) is 49.3 Å². The van der Waals surface area contributed by atoms with Gasteiger partial charge in [0.1, 0.15) is 0 Å². The van der Waals surface area contributed by atoms with E-state index in [1.807, 2.05) is 20.9 Å². The molecule has 0 bridgehead atoms. The van der Waals surface area contributed by atoms with Crippen LogP contribution in [0, 0.1) is 10.8 Å². The monoisotopic (exact) mass is 201 g/mol. The molecule has 0 unspecified atom stereocenters. The Morgan fingerprint density at radius 3 is 2.07 bits per heavy atom. The van der Waals surface area contributed by atoms with E-state index in [0.717, 1.165) is 13.0 Å². The number of hydrogen-bond donors (Lipinski definition) is 2. The summed E-state index contributed by atoms with van der Waals surface area (Å²) in [7, 11) is 1.92. The second kappa shape index (κ2) is 4.78. The lowest BCUT2D eigenvalue weighted by Crippen LogP contribution is -2.32. The van der Waals surface area contributed by atoms with Gasteiger partial charge in [-0.25, -0.2) is 0 Å². The summed E-state index contributed by atoms with van der Waals surface area (Å²) in [4.78, 5) is 10.6. The summed E-state index contributed by atoms with van der Waals surface area (Å²) < 4.78 is 0. The van der Waals surface area contributed by atoms with E-state index in [-0.39, 0.29) is 17.3 Å². The molecule has 0 aromatic carbocycles. The zero-order valence-electron chi connectivity index (χ0n) is 9.98. The van der Waals surface area contributed by atoms with Crippen LogP contribution in [0.3, 0.4) is 0 Å². The molecule has 0 saturated carbocycles.